The Hall–Kier alpha value is -2.26. The zero-order valence-corrected chi connectivity index (χ0v) is 19.3. The van der Waals surface area contributed by atoms with Crippen LogP contribution in [0.3, 0.4) is 0 Å². The zero-order chi connectivity index (χ0) is 22.6. The highest BCUT2D eigenvalue weighted by Crippen LogP contribution is 2.29. The van der Waals surface area contributed by atoms with Crippen molar-refractivity contribution in [1.29, 1.82) is 0 Å². The summed E-state index contributed by atoms with van der Waals surface area (Å²) >= 11 is 0. The van der Waals surface area contributed by atoms with Crippen LogP contribution in [0.25, 0.3) is 0 Å². The van der Waals surface area contributed by atoms with E-state index in [0.29, 0.717) is 37.9 Å². The number of likely N-dealkylation sites (tertiary alicyclic amines) is 1. The number of benzene rings is 2. The van der Waals surface area contributed by atoms with Crippen LogP contribution in [-0.4, -0.2) is 62.9 Å². The quantitative estimate of drug-likeness (QED) is 0.721. The average Bonchev–Trinajstić information content (AvgIpc) is 2.82. The summed E-state index contributed by atoms with van der Waals surface area (Å²) in [4.78, 5) is 15.8. The van der Waals surface area contributed by atoms with Crippen LogP contribution in [0.4, 0.5) is 5.69 Å². The molecule has 0 saturated carbocycles. The molecule has 1 unspecified atom stereocenters. The molecule has 2 aromatic rings. The van der Waals surface area contributed by atoms with Crippen molar-refractivity contribution in [2.75, 3.05) is 44.7 Å². The van der Waals surface area contributed by atoms with Gasteiger partial charge in [0.15, 0.2) is 0 Å². The van der Waals surface area contributed by atoms with Gasteiger partial charge >= 0.3 is 0 Å². The van der Waals surface area contributed by atoms with E-state index in [4.69, 9.17) is 4.74 Å². The van der Waals surface area contributed by atoms with Crippen molar-refractivity contribution in [2.24, 2.45) is 5.92 Å². The van der Waals surface area contributed by atoms with Crippen molar-refractivity contribution < 1.29 is 17.9 Å². The van der Waals surface area contributed by atoms with Crippen molar-refractivity contribution in [3.63, 3.8) is 0 Å². The van der Waals surface area contributed by atoms with Gasteiger partial charge in [-0.05, 0) is 55.6 Å². The molecule has 172 valence electrons. The van der Waals surface area contributed by atoms with Crippen molar-refractivity contribution in [3.8, 4) is 0 Å². The number of rotatable bonds is 6. The van der Waals surface area contributed by atoms with Crippen LogP contribution in [0.1, 0.15) is 31.4 Å². The standard InChI is InChI=1S/C24H31N3O4S/c1-19-10-12-26(13-11-19)23(20-6-3-2-4-7-20)24(28)25-21-8-5-9-22(18-21)32(29,30)27-14-16-31-17-15-27/h2-9,18-19,23H,10-17H2,1H3,(H,25,28). The Morgan fingerprint density at radius 3 is 2.38 bits per heavy atom. The Labute approximate surface area is 190 Å². The fourth-order valence-electron chi connectivity index (χ4n) is 4.33. The number of sulfonamides is 1. The lowest BCUT2D eigenvalue weighted by Crippen LogP contribution is -2.42. The fraction of sp³-hybridized carbons (Fsp3) is 0.458. The molecule has 32 heavy (non-hydrogen) atoms. The number of carbonyl (C=O) groups excluding carboxylic acids is 1. The number of ether oxygens (including phenoxy) is 1. The number of piperidine rings is 1. The molecule has 1 amide bonds. The maximum atomic E-state index is 13.4. The number of hydrogen-bond donors (Lipinski definition) is 1. The first-order valence-electron chi connectivity index (χ1n) is 11.2. The summed E-state index contributed by atoms with van der Waals surface area (Å²) in [6, 6.07) is 15.9. The first kappa shape index (κ1) is 22.9. The van der Waals surface area contributed by atoms with Gasteiger partial charge in [-0.15, -0.1) is 0 Å². The molecule has 1 atom stereocenters. The molecule has 0 spiro atoms. The summed E-state index contributed by atoms with van der Waals surface area (Å²) in [5.74, 6) is 0.513. The molecule has 2 heterocycles. The molecule has 8 heteroatoms. The van der Waals surface area contributed by atoms with E-state index in [1.54, 1.807) is 24.3 Å². The second-order valence-corrected chi connectivity index (χ2v) is 10.5. The maximum absolute atomic E-state index is 13.4. The van der Waals surface area contributed by atoms with Crippen LogP contribution in [0.2, 0.25) is 0 Å². The maximum Gasteiger partial charge on any atom is 0.246 e. The first-order chi connectivity index (χ1) is 15.4. The van der Waals surface area contributed by atoms with E-state index in [-0.39, 0.29) is 10.8 Å². The minimum Gasteiger partial charge on any atom is -0.379 e. The molecule has 0 radical (unpaired) electrons. The van der Waals surface area contributed by atoms with Gasteiger partial charge < -0.3 is 10.1 Å². The Kier molecular flexibility index (Phi) is 7.25. The Morgan fingerprint density at radius 2 is 1.69 bits per heavy atom. The van der Waals surface area contributed by atoms with Crippen molar-refractivity contribution in [2.45, 2.75) is 30.7 Å². The highest BCUT2D eigenvalue weighted by Gasteiger charge is 2.31. The third kappa shape index (κ3) is 5.20. The highest BCUT2D eigenvalue weighted by molar-refractivity contribution is 7.89. The number of amides is 1. The number of nitrogens with one attached hydrogen (secondary N) is 1. The summed E-state index contributed by atoms with van der Waals surface area (Å²) in [5.41, 5.74) is 1.42. The van der Waals surface area contributed by atoms with Crippen molar-refractivity contribution >= 4 is 21.6 Å². The van der Waals surface area contributed by atoms with Gasteiger partial charge in [0.1, 0.15) is 6.04 Å². The summed E-state index contributed by atoms with van der Waals surface area (Å²) in [5, 5.41) is 2.98. The molecule has 0 aromatic heterocycles. The van der Waals surface area contributed by atoms with Gasteiger partial charge in [-0.3, -0.25) is 9.69 Å². The predicted molar refractivity (Wildman–Crippen MR) is 124 cm³/mol. The molecule has 2 saturated heterocycles. The second kappa shape index (κ2) is 10.1. The molecule has 2 aliphatic heterocycles. The van der Waals surface area contributed by atoms with Crippen LogP contribution in [0.15, 0.2) is 59.5 Å². The molecule has 2 aromatic carbocycles. The van der Waals surface area contributed by atoms with Crippen LogP contribution < -0.4 is 5.32 Å². The summed E-state index contributed by atoms with van der Waals surface area (Å²) in [6.45, 7) is 5.42. The normalized spacial score (nSPS) is 20.0. The second-order valence-electron chi connectivity index (χ2n) is 8.57. The molecule has 0 bridgehead atoms. The Balaban J connectivity index is 1.55. The number of carbonyl (C=O) groups is 1. The van der Waals surface area contributed by atoms with Crippen LogP contribution in [0, 0.1) is 5.92 Å². The molecule has 2 fully saturated rings. The third-order valence-electron chi connectivity index (χ3n) is 6.26. The molecular weight excluding hydrogens is 426 g/mol. The highest BCUT2D eigenvalue weighted by atomic mass is 32.2. The monoisotopic (exact) mass is 457 g/mol. The van der Waals surface area contributed by atoms with Gasteiger partial charge in [0.2, 0.25) is 15.9 Å². The van der Waals surface area contributed by atoms with Crippen LogP contribution in [0.5, 0.6) is 0 Å². The molecule has 2 aliphatic rings. The van der Waals surface area contributed by atoms with Crippen molar-refractivity contribution in [1.82, 2.24) is 9.21 Å². The summed E-state index contributed by atoms with van der Waals surface area (Å²) in [6.07, 6.45) is 2.12. The van der Waals surface area contributed by atoms with Crippen molar-refractivity contribution in [3.05, 3.63) is 60.2 Å². The lowest BCUT2D eigenvalue weighted by atomic mass is 9.95. The van der Waals surface area contributed by atoms with Gasteiger partial charge in [0.05, 0.1) is 18.1 Å². The molecular formula is C24H31N3O4S. The van der Waals surface area contributed by atoms with Gasteiger partial charge in [-0.1, -0.05) is 43.3 Å². The lowest BCUT2D eigenvalue weighted by Gasteiger charge is -2.36. The summed E-state index contributed by atoms with van der Waals surface area (Å²) < 4.78 is 32.7. The Bertz CT molecular complexity index is 1010. The zero-order valence-electron chi connectivity index (χ0n) is 18.4. The van der Waals surface area contributed by atoms with E-state index < -0.39 is 16.1 Å². The van der Waals surface area contributed by atoms with Gasteiger partial charge in [0, 0.05) is 18.8 Å². The fourth-order valence-corrected chi connectivity index (χ4v) is 5.79. The minimum atomic E-state index is -3.63. The van der Waals surface area contributed by atoms with Crippen LogP contribution >= 0.6 is 0 Å². The van der Waals surface area contributed by atoms with Crippen LogP contribution in [-0.2, 0) is 19.6 Å². The largest absolute Gasteiger partial charge is 0.379 e. The predicted octanol–water partition coefficient (Wildman–Crippen LogP) is 3.12. The van der Waals surface area contributed by atoms with Gasteiger partial charge in [-0.2, -0.15) is 4.31 Å². The van der Waals surface area contributed by atoms with E-state index in [1.807, 2.05) is 30.3 Å². The first-order valence-corrected chi connectivity index (χ1v) is 12.7. The summed E-state index contributed by atoms with van der Waals surface area (Å²) in [7, 11) is -3.63. The van der Waals surface area contributed by atoms with Gasteiger partial charge in [-0.25, -0.2) is 8.42 Å². The number of nitrogens with zero attached hydrogens (tertiary/aromatic N) is 2. The minimum absolute atomic E-state index is 0.147. The van der Waals surface area contributed by atoms with E-state index in [2.05, 4.69) is 17.1 Å². The average molecular weight is 458 g/mol. The lowest BCUT2D eigenvalue weighted by molar-refractivity contribution is -0.122. The Morgan fingerprint density at radius 1 is 1.00 bits per heavy atom. The van der Waals surface area contributed by atoms with Gasteiger partial charge in [0.25, 0.3) is 0 Å². The number of morpholine rings is 1. The third-order valence-corrected chi connectivity index (χ3v) is 8.15. The smallest absolute Gasteiger partial charge is 0.246 e. The molecule has 4 rings (SSSR count). The van der Waals surface area contributed by atoms with E-state index >= 15 is 0 Å². The topological polar surface area (TPSA) is 79.0 Å². The molecule has 7 nitrogen and oxygen atoms in total. The van der Waals surface area contributed by atoms with E-state index in [9.17, 15) is 13.2 Å². The van der Waals surface area contributed by atoms with E-state index in [1.165, 1.54) is 4.31 Å². The number of anilines is 1. The molecule has 0 aliphatic carbocycles. The number of hydrogen-bond acceptors (Lipinski definition) is 5. The van der Waals surface area contributed by atoms with E-state index in [0.717, 1.165) is 31.5 Å². The molecule has 1 N–H and O–H groups in total. The SMILES string of the molecule is CC1CCN(C(C(=O)Nc2cccc(S(=O)(=O)N3CCOCC3)c2)c2ccccc2)CC1.